The number of hydrogen-bond acceptors (Lipinski definition) is 5. The fraction of sp³-hybridized carbons (Fsp3) is 0.0909. The zero-order valence-corrected chi connectivity index (χ0v) is 10.7. The lowest BCUT2D eigenvalue weighted by Crippen LogP contribution is -2.11. The maximum atomic E-state index is 12.2. The summed E-state index contributed by atoms with van der Waals surface area (Å²) in [6, 6.07) is 5.74. The summed E-state index contributed by atoms with van der Waals surface area (Å²) >= 11 is 0. The Morgan fingerprint density at radius 1 is 1.32 bits per heavy atom. The van der Waals surface area contributed by atoms with Crippen molar-refractivity contribution in [2.75, 3.05) is 7.11 Å². The zero-order valence-electron chi connectivity index (χ0n) is 9.85. The molecule has 2 aromatic rings. The standard InChI is InChI=1S/C11H10N2O5S/c1-18-8-2-4-9(5-3-8)19(16,17)13-6-10(11(14)15)12-7-13/h2-7H,1H3,(H,14,15). The van der Waals surface area contributed by atoms with E-state index in [0.29, 0.717) is 5.75 Å². The SMILES string of the molecule is COc1ccc(S(=O)(=O)n2cnc(C(=O)O)c2)cc1. The van der Waals surface area contributed by atoms with Crippen molar-refractivity contribution in [1.82, 2.24) is 8.96 Å². The van der Waals surface area contributed by atoms with Crippen LogP contribution in [0.15, 0.2) is 41.7 Å². The third kappa shape index (κ3) is 2.43. The summed E-state index contributed by atoms with van der Waals surface area (Å²) in [5.74, 6) is -0.764. The first kappa shape index (κ1) is 13.1. The summed E-state index contributed by atoms with van der Waals surface area (Å²) in [5, 5.41) is 8.72. The Morgan fingerprint density at radius 3 is 2.42 bits per heavy atom. The van der Waals surface area contributed by atoms with E-state index in [1.165, 1.54) is 31.4 Å². The number of carboxylic acid groups (broad SMARTS) is 1. The van der Waals surface area contributed by atoms with E-state index in [9.17, 15) is 13.2 Å². The number of aromatic carboxylic acids is 1. The van der Waals surface area contributed by atoms with Crippen LogP contribution in [0.3, 0.4) is 0 Å². The van der Waals surface area contributed by atoms with Crippen molar-refractivity contribution < 1.29 is 23.1 Å². The Bertz CT molecular complexity index is 703. The van der Waals surface area contributed by atoms with Crippen molar-refractivity contribution in [2.24, 2.45) is 0 Å². The van der Waals surface area contributed by atoms with Gasteiger partial charge in [0.15, 0.2) is 5.69 Å². The van der Waals surface area contributed by atoms with Crippen LogP contribution >= 0.6 is 0 Å². The molecule has 0 aliphatic heterocycles. The molecule has 0 amide bonds. The molecule has 0 saturated heterocycles. The van der Waals surface area contributed by atoms with Crippen LogP contribution in [-0.2, 0) is 10.0 Å². The summed E-state index contributed by atoms with van der Waals surface area (Å²) in [5.41, 5.74) is -0.336. The fourth-order valence-corrected chi connectivity index (χ4v) is 2.55. The maximum absolute atomic E-state index is 12.2. The third-order valence-corrected chi connectivity index (χ3v) is 4.04. The fourth-order valence-electron chi connectivity index (χ4n) is 1.42. The number of carbonyl (C=O) groups is 1. The van der Waals surface area contributed by atoms with Crippen molar-refractivity contribution in [1.29, 1.82) is 0 Å². The van der Waals surface area contributed by atoms with E-state index in [-0.39, 0.29) is 10.6 Å². The number of methoxy groups -OCH3 is 1. The number of aromatic nitrogens is 2. The van der Waals surface area contributed by atoms with Gasteiger partial charge in [-0.25, -0.2) is 22.2 Å². The maximum Gasteiger partial charge on any atom is 0.356 e. The van der Waals surface area contributed by atoms with Gasteiger partial charge in [0.05, 0.1) is 18.2 Å². The topological polar surface area (TPSA) is 98.5 Å². The number of rotatable bonds is 4. The largest absolute Gasteiger partial charge is 0.497 e. The van der Waals surface area contributed by atoms with Gasteiger partial charge in [-0.1, -0.05) is 0 Å². The lowest BCUT2D eigenvalue weighted by molar-refractivity contribution is 0.0691. The summed E-state index contributed by atoms with van der Waals surface area (Å²) in [4.78, 5) is 14.2. The second-order valence-corrected chi connectivity index (χ2v) is 5.42. The molecule has 1 aromatic carbocycles. The molecule has 0 aliphatic carbocycles. The number of benzene rings is 1. The molecule has 8 heteroatoms. The first-order chi connectivity index (χ1) is 8.95. The van der Waals surface area contributed by atoms with Crippen LogP contribution in [0.4, 0.5) is 0 Å². The number of imidazole rings is 1. The molecule has 1 N–H and O–H groups in total. The monoisotopic (exact) mass is 282 g/mol. The van der Waals surface area contributed by atoms with E-state index in [4.69, 9.17) is 9.84 Å². The molecule has 0 radical (unpaired) electrons. The van der Waals surface area contributed by atoms with Crippen molar-refractivity contribution in [3.05, 3.63) is 42.5 Å². The minimum atomic E-state index is -3.84. The Balaban J connectivity index is 2.42. The molecule has 0 bridgehead atoms. The van der Waals surface area contributed by atoms with E-state index in [0.717, 1.165) is 16.5 Å². The molecule has 1 heterocycles. The first-order valence-electron chi connectivity index (χ1n) is 5.12. The molecule has 0 saturated carbocycles. The molecular weight excluding hydrogens is 272 g/mol. The van der Waals surface area contributed by atoms with Crippen molar-refractivity contribution in [2.45, 2.75) is 4.90 Å². The summed E-state index contributed by atoms with van der Waals surface area (Å²) in [6.07, 6.45) is 1.89. The van der Waals surface area contributed by atoms with Gasteiger partial charge in [-0.05, 0) is 24.3 Å². The molecule has 0 unspecified atom stereocenters. The number of carboxylic acids is 1. The lowest BCUT2D eigenvalue weighted by atomic mass is 10.3. The van der Waals surface area contributed by atoms with Crippen molar-refractivity contribution in [3.8, 4) is 5.75 Å². The lowest BCUT2D eigenvalue weighted by Gasteiger charge is -2.05. The van der Waals surface area contributed by atoms with Gasteiger partial charge in [0, 0.05) is 0 Å². The molecule has 0 spiro atoms. The highest BCUT2D eigenvalue weighted by molar-refractivity contribution is 7.90. The molecule has 1 aromatic heterocycles. The average Bonchev–Trinajstić information content (AvgIpc) is 2.89. The van der Waals surface area contributed by atoms with Crippen molar-refractivity contribution >= 4 is 16.0 Å². The van der Waals surface area contributed by atoms with E-state index in [2.05, 4.69) is 4.98 Å². The minimum Gasteiger partial charge on any atom is -0.497 e. The van der Waals surface area contributed by atoms with Gasteiger partial charge >= 0.3 is 5.97 Å². The van der Waals surface area contributed by atoms with E-state index in [1.807, 2.05) is 0 Å². The third-order valence-electron chi connectivity index (χ3n) is 2.41. The average molecular weight is 282 g/mol. The normalized spacial score (nSPS) is 11.2. The molecule has 0 aliphatic rings. The van der Waals surface area contributed by atoms with Gasteiger partial charge in [-0.2, -0.15) is 0 Å². The molecule has 2 rings (SSSR count). The highest BCUT2D eigenvalue weighted by Crippen LogP contribution is 2.18. The van der Waals surface area contributed by atoms with E-state index in [1.54, 1.807) is 0 Å². The molecule has 19 heavy (non-hydrogen) atoms. The van der Waals surface area contributed by atoms with Crippen LogP contribution in [0.2, 0.25) is 0 Å². The molecule has 0 fully saturated rings. The predicted molar refractivity (Wildman–Crippen MR) is 64.8 cm³/mol. The van der Waals surface area contributed by atoms with Gasteiger partial charge in [0.2, 0.25) is 0 Å². The van der Waals surface area contributed by atoms with Gasteiger partial charge < -0.3 is 9.84 Å². The number of hydrogen-bond donors (Lipinski definition) is 1. The van der Waals surface area contributed by atoms with Gasteiger partial charge in [0.25, 0.3) is 10.0 Å². The Kier molecular flexibility index (Phi) is 3.26. The zero-order chi connectivity index (χ0) is 14.0. The quantitative estimate of drug-likeness (QED) is 0.891. The van der Waals surface area contributed by atoms with Crippen LogP contribution in [-0.4, -0.2) is 35.6 Å². The predicted octanol–water partition coefficient (Wildman–Crippen LogP) is 0.827. The van der Waals surface area contributed by atoms with Crippen LogP contribution in [0, 0.1) is 0 Å². The molecule has 100 valence electrons. The number of ether oxygens (including phenoxy) is 1. The Morgan fingerprint density at radius 2 is 1.95 bits per heavy atom. The van der Waals surface area contributed by atoms with Crippen molar-refractivity contribution in [3.63, 3.8) is 0 Å². The summed E-state index contributed by atoms with van der Waals surface area (Å²) in [7, 11) is -2.37. The summed E-state index contributed by atoms with van der Waals surface area (Å²) in [6.45, 7) is 0. The highest BCUT2D eigenvalue weighted by Gasteiger charge is 2.19. The molecular formula is C11H10N2O5S. The van der Waals surface area contributed by atoms with Crippen LogP contribution < -0.4 is 4.74 Å². The van der Waals surface area contributed by atoms with E-state index < -0.39 is 16.0 Å². The van der Waals surface area contributed by atoms with Crippen LogP contribution in [0.5, 0.6) is 5.75 Å². The van der Waals surface area contributed by atoms with Gasteiger partial charge in [-0.15, -0.1) is 0 Å². The first-order valence-corrected chi connectivity index (χ1v) is 6.56. The molecule has 7 nitrogen and oxygen atoms in total. The van der Waals surface area contributed by atoms with Gasteiger partial charge in [-0.3, -0.25) is 0 Å². The van der Waals surface area contributed by atoms with Crippen LogP contribution in [0.25, 0.3) is 0 Å². The minimum absolute atomic E-state index is 0.0163. The highest BCUT2D eigenvalue weighted by atomic mass is 32.2. The second kappa shape index (κ2) is 4.73. The number of nitrogens with zero attached hydrogens (tertiary/aromatic N) is 2. The second-order valence-electron chi connectivity index (χ2n) is 3.57. The Hall–Kier alpha value is -2.35. The van der Waals surface area contributed by atoms with Crippen LogP contribution in [0.1, 0.15) is 10.5 Å². The molecule has 0 atom stereocenters. The smallest absolute Gasteiger partial charge is 0.356 e. The Labute approximate surface area is 109 Å². The van der Waals surface area contributed by atoms with E-state index >= 15 is 0 Å². The van der Waals surface area contributed by atoms with Gasteiger partial charge in [0.1, 0.15) is 12.1 Å². The summed E-state index contributed by atoms with van der Waals surface area (Å²) < 4.78 is 30.0.